The van der Waals surface area contributed by atoms with Crippen LogP contribution in [0.1, 0.15) is 19.4 Å². The van der Waals surface area contributed by atoms with Crippen molar-refractivity contribution < 1.29 is 19.0 Å². The first-order chi connectivity index (χ1) is 6.91. The van der Waals surface area contributed by atoms with E-state index in [0.29, 0.717) is 5.75 Å². The predicted octanol–water partition coefficient (Wildman–Crippen LogP) is 1.45. The topological polar surface area (TPSA) is 64.7 Å². The van der Waals surface area contributed by atoms with Crippen LogP contribution in [0.15, 0.2) is 6.07 Å². The van der Waals surface area contributed by atoms with Crippen LogP contribution < -0.4 is 15.2 Å². The molecule has 0 aliphatic carbocycles. The third-order valence-corrected chi connectivity index (χ3v) is 2.23. The lowest BCUT2D eigenvalue weighted by Crippen LogP contribution is -2.29. The van der Waals surface area contributed by atoms with Gasteiger partial charge in [-0.1, -0.05) is 0 Å². The van der Waals surface area contributed by atoms with Gasteiger partial charge in [0.05, 0.1) is 5.56 Å². The minimum absolute atomic E-state index is 0.0152. The van der Waals surface area contributed by atoms with Crippen LogP contribution >= 0.6 is 0 Å². The van der Waals surface area contributed by atoms with E-state index < -0.39 is 17.1 Å². The van der Waals surface area contributed by atoms with Crippen LogP contribution in [-0.4, -0.2) is 11.9 Å². The first kappa shape index (κ1) is 10.0. The summed E-state index contributed by atoms with van der Waals surface area (Å²) in [4.78, 5) is 0. The third kappa shape index (κ3) is 1.48. The van der Waals surface area contributed by atoms with E-state index in [1.807, 2.05) is 0 Å². The Morgan fingerprint density at radius 2 is 2.13 bits per heavy atom. The van der Waals surface area contributed by atoms with Gasteiger partial charge in [0.1, 0.15) is 0 Å². The molecule has 0 spiro atoms. The Balaban J connectivity index is 2.71. The molecule has 0 amide bonds. The number of ether oxygens (including phenoxy) is 2. The second kappa shape index (κ2) is 3.00. The van der Waals surface area contributed by atoms with E-state index in [1.165, 1.54) is 0 Å². The van der Waals surface area contributed by atoms with Crippen molar-refractivity contribution in [2.24, 2.45) is 5.73 Å². The van der Waals surface area contributed by atoms with Crippen LogP contribution in [-0.2, 0) is 5.54 Å². The van der Waals surface area contributed by atoms with Crippen molar-refractivity contribution in [3.8, 4) is 17.2 Å². The van der Waals surface area contributed by atoms with E-state index in [0.717, 1.165) is 6.07 Å². The minimum Gasteiger partial charge on any atom is -0.504 e. The Hall–Kier alpha value is -1.49. The molecular weight excluding hydrogens is 201 g/mol. The number of hydrogen-bond donors (Lipinski definition) is 2. The standard InChI is InChI=1S/C10H12FNO3/c1-10(2,12)7-8(13)5(11)3-6-9(7)15-4-14-6/h3,13H,4,12H2,1-2H3. The second-order valence-corrected chi connectivity index (χ2v) is 4.04. The molecule has 1 aliphatic rings. The molecule has 1 aromatic rings. The van der Waals surface area contributed by atoms with Crippen molar-refractivity contribution in [1.29, 1.82) is 0 Å². The van der Waals surface area contributed by atoms with Gasteiger partial charge < -0.3 is 20.3 Å². The monoisotopic (exact) mass is 213 g/mol. The molecule has 82 valence electrons. The number of aromatic hydroxyl groups is 1. The first-order valence-corrected chi connectivity index (χ1v) is 4.51. The van der Waals surface area contributed by atoms with Gasteiger partial charge in [0.2, 0.25) is 6.79 Å². The van der Waals surface area contributed by atoms with E-state index in [1.54, 1.807) is 13.8 Å². The highest BCUT2D eigenvalue weighted by Crippen LogP contribution is 2.46. The maximum atomic E-state index is 13.3. The molecule has 3 N–H and O–H groups in total. The maximum absolute atomic E-state index is 13.3. The molecule has 5 heteroatoms. The van der Waals surface area contributed by atoms with E-state index in [-0.39, 0.29) is 18.1 Å². The second-order valence-electron chi connectivity index (χ2n) is 4.04. The van der Waals surface area contributed by atoms with E-state index in [2.05, 4.69) is 0 Å². The quantitative estimate of drug-likeness (QED) is 0.741. The molecule has 15 heavy (non-hydrogen) atoms. The molecule has 0 radical (unpaired) electrons. The molecule has 1 aromatic carbocycles. The third-order valence-electron chi connectivity index (χ3n) is 2.23. The molecule has 0 bridgehead atoms. The van der Waals surface area contributed by atoms with Crippen molar-refractivity contribution in [1.82, 2.24) is 0 Å². The lowest BCUT2D eigenvalue weighted by atomic mass is 9.93. The van der Waals surface area contributed by atoms with E-state index >= 15 is 0 Å². The molecular formula is C10H12FNO3. The summed E-state index contributed by atoms with van der Waals surface area (Å²) in [5.74, 6) is -0.639. The number of halogens is 1. The smallest absolute Gasteiger partial charge is 0.231 e. The van der Waals surface area contributed by atoms with Gasteiger partial charge in [0.15, 0.2) is 23.1 Å². The Morgan fingerprint density at radius 3 is 2.73 bits per heavy atom. The number of hydrogen-bond acceptors (Lipinski definition) is 4. The van der Waals surface area contributed by atoms with Gasteiger partial charge >= 0.3 is 0 Å². The fraction of sp³-hybridized carbons (Fsp3) is 0.400. The van der Waals surface area contributed by atoms with Gasteiger partial charge in [-0.05, 0) is 13.8 Å². The lowest BCUT2D eigenvalue weighted by molar-refractivity contribution is 0.172. The summed E-state index contributed by atoms with van der Waals surface area (Å²) in [5, 5.41) is 9.61. The van der Waals surface area contributed by atoms with Gasteiger partial charge in [0.25, 0.3) is 0 Å². The Kier molecular flexibility index (Phi) is 2.01. The number of benzene rings is 1. The van der Waals surface area contributed by atoms with Gasteiger partial charge in [-0.2, -0.15) is 0 Å². The van der Waals surface area contributed by atoms with Gasteiger partial charge in [-0.25, -0.2) is 4.39 Å². The van der Waals surface area contributed by atoms with Crippen molar-refractivity contribution >= 4 is 0 Å². The molecule has 0 aromatic heterocycles. The molecule has 0 unspecified atom stereocenters. The molecule has 1 heterocycles. The van der Waals surface area contributed by atoms with E-state index in [4.69, 9.17) is 15.2 Å². The Labute approximate surface area is 86.4 Å². The van der Waals surface area contributed by atoms with Crippen LogP contribution in [0.2, 0.25) is 0 Å². The number of phenolic OH excluding ortho intramolecular Hbond substituents is 1. The van der Waals surface area contributed by atoms with Gasteiger partial charge in [-0.15, -0.1) is 0 Å². The zero-order valence-corrected chi connectivity index (χ0v) is 8.50. The molecule has 0 fully saturated rings. The summed E-state index contributed by atoms with van der Waals surface area (Å²) in [6.45, 7) is 3.33. The summed E-state index contributed by atoms with van der Waals surface area (Å²) in [5.41, 5.74) is 5.17. The summed E-state index contributed by atoms with van der Waals surface area (Å²) in [7, 11) is 0. The lowest BCUT2D eigenvalue weighted by Gasteiger charge is -2.22. The average molecular weight is 213 g/mol. The molecule has 4 nitrogen and oxygen atoms in total. The highest BCUT2D eigenvalue weighted by Gasteiger charge is 2.31. The predicted molar refractivity (Wildman–Crippen MR) is 51.4 cm³/mol. The van der Waals surface area contributed by atoms with Crippen LogP contribution in [0.4, 0.5) is 4.39 Å². The summed E-state index contributed by atoms with van der Waals surface area (Å²) >= 11 is 0. The molecule has 0 atom stereocenters. The Morgan fingerprint density at radius 1 is 1.47 bits per heavy atom. The largest absolute Gasteiger partial charge is 0.504 e. The van der Waals surface area contributed by atoms with Crippen molar-refractivity contribution in [2.75, 3.05) is 6.79 Å². The van der Waals surface area contributed by atoms with Gasteiger partial charge in [0, 0.05) is 11.6 Å². The average Bonchev–Trinajstić information content (AvgIpc) is 2.50. The van der Waals surface area contributed by atoms with Crippen LogP contribution in [0.3, 0.4) is 0 Å². The summed E-state index contributed by atoms with van der Waals surface area (Å²) < 4.78 is 23.5. The highest BCUT2D eigenvalue weighted by atomic mass is 19.1. The number of fused-ring (bicyclic) bond motifs is 1. The fourth-order valence-corrected chi connectivity index (χ4v) is 1.60. The normalized spacial score (nSPS) is 14.4. The molecule has 1 aliphatic heterocycles. The fourth-order valence-electron chi connectivity index (χ4n) is 1.60. The van der Waals surface area contributed by atoms with Crippen LogP contribution in [0.25, 0.3) is 0 Å². The van der Waals surface area contributed by atoms with Crippen molar-refractivity contribution in [3.63, 3.8) is 0 Å². The van der Waals surface area contributed by atoms with Crippen LogP contribution in [0, 0.1) is 5.82 Å². The number of phenols is 1. The zero-order chi connectivity index (χ0) is 11.2. The molecule has 0 saturated heterocycles. The van der Waals surface area contributed by atoms with Crippen molar-refractivity contribution in [2.45, 2.75) is 19.4 Å². The Bertz CT molecular complexity index is 412. The molecule has 2 rings (SSSR count). The number of nitrogens with two attached hydrogens (primary N) is 1. The minimum atomic E-state index is -0.899. The van der Waals surface area contributed by atoms with Crippen LogP contribution in [0.5, 0.6) is 17.2 Å². The first-order valence-electron chi connectivity index (χ1n) is 4.51. The summed E-state index contributed by atoms with van der Waals surface area (Å²) in [6.07, 6.45) is 0. The number of rotatable bonds is 1. The maximum Gasteiger partial charge on any atom is 0.231 e. The molecule has 0 saturated carbocycles. The highest BCUT2D eigenvalue weighted by molar-refractivity contribution is 5.57. The summed E-state index contributed by atoms with van der Waals surface area (Å²) in [6, 6.07) is 1.09. The van der Waals surface area contributed by atoms with Crippen molar-refractivity contribution in [3.05, 3.63) is 17.4 Å². The zero-order valence-electron chi connectivity index (χ0n) is 8.50. The van der Waals surface area contributed by atoms with E-state index in [9.17, 15) is 9.50 Å². The SMILES string of the molecule is CC(C)(N)c1c(O)c(F)cc2c1OCO2. The van der Waals surface area contributed by atoms with Gasteiger partial charge in [-0.3, -0.25) is 0 Å².